The molecule has 3 aromatic carbocycles. The number of unbranched alkanes of at least 4 members (excludes halogenated alkanes) is 5. The van der Waals surface area contributed by atoms with Gasteiger partial charge in [0.15, 0.2) is 17.9 Å². The third-order valence-corrected chi connectivity index (χ3v) is 16.1. The zero-order valence-corrected chi connectivity index (χ0v) is 53.5. The zero-order valence-electron chi connectivity index (χ0n) is 53.5. The molecule has 0 unspecified atom stereocenters. The molecule has 7 atom stereocenters. The Bertz CT molecular complexity index is 3560. The molecule has 26 N–H and O–H groups in total. The van der Waals surface area contributed by atoms with E-state index in [1.54, 1.807) is 18.6 Å². The summed E-state index contributed by atoms with van der Waals surface area (Å²) >= 11 is 0. The first-order valence-electron chi connectivity index (χ1n) is 32.2. The molecule has 29 nitrogen and oxygen atoms in total. The van der Waals surface area contributed by atoms with E-state index in [2.05, 4.69) is 74.1 Å². The first kappa shape index (κ1) is 72.9. The summed E-state index contributed by atoms with van der Waals surface area (Å²) in [7, 11) is 0. The van der Waals surface area contributed by atoms with Gasteiger partial charge in [0.2, 0.25) is 47.3 Å². The molecule has 3 heterocycles. The van der Waals surface area contributed by atoms with Gasteiger partial charge in [-0.3, -0.25) is 53.3 Å². The maximum absolute atomic E-state index is 15.2. The molecule has 0 spiro atoms. The number of primary amides is 1. The molecule has 508 valence electrons. The highest BCUT2D eigenvalue weighted by atomic mass is 16.2. The van der Waals surface area contributed by atoms with Crippen molar-refractivity contribution in [2.24, 2.45) is 60.8 Å². The van der Waals surface area contributed by atoms with Crippen LogP contribution in [-0.4, -0.2) is 149 Å². The second-order valence-corrected chi connectivity index (χ2v) is 23.4. The SMILES string of the molecule is CCCCCCCC(=O)NCCCC[C@H](NC(=O)[C@@H](Cc1c[nH]c2ccccc12)NC(=O)[C@H](CCCN=C(N)N)NC(=O)[C@@H](Cc1c[nH]c2ccccc12)NC(=O)[C@H](CCCN=C(N)N)NC(=O)[C@@H](Cc1c[nH]c2ccccc12)NC(=O)[C@H](N)CCCN=C(N)N)C(N)=O. The Labute approximate surface area is 546 Å². The predicted octanol–water partition coefficient (Wildman–Crippen LogP) is 0.688. The average molecular weight is 1300 g/mol. The second-order valence-electron chi connectivity index (χ2n) is 23.4. The van der Waals surface area contributed by atoms with Crippen LogP contribution in [0.15, 0.2) is 106 Å². The number of hydrogen-bond acceptors (Lipinski definition) is 12. The number of aromatic amines is 3. The van der Waals surface area contributed by atoms with Crippen LogP contribution in [0.25, 0.3) is 32.7 Å². The molecular formula is C65H95N21O8. The number of guanidine groups is 3. The first-order chi connectivity index (χ1) is 45.2. The summed E-state index contributed by atoms with van der Waals surface area (Å²) in [6.45, 7) is 2.79. The van der Waals surface area contributed by atoms with Crippen molar-refractivity contribution in [1.29, 1.82) is 0 Å². The smallest absolute Gasteiger partial charge is 0.243 e. The molecule has 6 aromatic rings. The number of rotatable bonds is 42. The highest BCUT2D eigenvalue weighted by Gasteiger charge is 2.35. The zero-order chi connectivity index (χ0) is 67.9. The highest BCUT2D eigenvalue weighted by Crippen LogP contribution is 2.23. The average Bonchev–Trinajstić information content (AvgIpc) is 1.67. The van der Waals surface area contributed by atoms with Crippen LogP contribution in [0.2, 0.25) is 0 Å². The molecule has 0 saturated carbocycles. The predicted molar refractivity (Wildman–Crippen MR) is 365 cm³/mol. The van der Waals surface area contributed by atoms with E-state index < -0.39 is 83.6 Å². The summed E-state index contributed by atoms with van der Waals surface area (Å²) < 4.78 is 0. The van der Waals surface area contributed by atoms with E-state index in [0.717, 1.165) is 64.8 Å². The van der Waals surface area contributed by atoms with Crippen molar-refractivity contribution in [3.8, 4) is 0 Å². The van der Waals surface area contributed by atoms with E-state index in [9.17, 15) is 24.0 Å². The number of aliphatic imine (C=N–C) groups is 3. The molecular weight excluding hydrogens is 1200 g/mol. The Morgan fingerprint density at radius 3 is 1.16 bits per heavy atom. The molecule has 0 bridgehead atoms. The number of benzene rings is 3. The Hall–Kier alpha value is -10.2. The number of hydrogen-bond donors (Lipinski definition) is 18. The van der Waals surface area contributed by atoms with E-state index in [4.69, 9.17) is 45.9 Å². The molecule has 8 amide bonds. The molecule has 0 fully saturated rings. The minimum Gasteiger partial charge on any atom is -0.370 e. The third-order valence-electron chi connectivity index (χ3n) is 16.1. The van der Waals surface area contributed by atoms with Crippen LogP contribution < -0.4 is 83.1 Å². The minimum absolute atomic E-state index is 0.0358. The van der Waals surface area contributed by atoms with Crippen LogP contribution in [0.4, 0.5) is 0 Å². The fraction of sp³-hybridized carbons (Fsp3) is 0.462. The van der Waals surface area contributed by atoms with Gasteiger partial charge in [-0.15, -0.1) is 0 Å². The lowest BCUT2D eigenvalue weighted by Gasteiger charge is -2.28. The van der Waals surface area contributed by atoms with Gasteiger partial charge in [0.1, 0.15) is 36.3 Å². The highest BCUT2D eigenvalue weighted by molar-refractivity contribution is 5.99. The fourth-order valence-electron chi connectivity index (χ4n) is 11.0. The summed E-state index contributed by atoms with van der Waals surface area (Å²) in [4.78, 5) is 136. The molecule has 29 heteroatoms. The van der Waals surface area contributed by atoms with E-state index in [0.29, 0.717) is 48.9 Å². The maximum atomic E-state index is 15.2. The van der Waals surface area contributed by atoms with E-state index in [1.165, 1.54) is 0 Å². The monoisotopic (exact) mass is 1300 g/mol. The number of nitrogens with zero attached hydrogens (tertiary/aromatic N) is 3. The van der Waals surface area contributed by atoms with Gasteiger partial charge in [-0.05, 0) is 99.1 Å². The van der Waals surface area contributed by atoms with Gasteiger partial charge in [-0.2, -0.15) is 0 Å². The van der Waals surface area contributed by atoms with Crippen molar-refractivity contribution in [2.45, 2.75) is 165 Å². The molecule has 0 aliphatic carbocycles. The lowest BCUT2D eigenvalue weighted by Crippen LogP contribution is -2.60. The van der Waals surface area contributed by atoms with E-state index in [-0.39, 0.29) is 101 Å². The summed E-state index contributed by atoms with van der Waals surface area (Å²) in [5.74, 6) is -6.03. The lowest BCUT2D eigenvalue weighted by atomic mass is 10.0. The van der Waals surface area contributed by atoms with Crippen LogP contribution in [0.5, 0.6) is 0 Å². The van der Waals surface area contributed by atoms with Gasteiger partial charge >= 0.3 is 0 Å². The number of nitrogens with one attached hydrogen (secondary N) is 10. The van der Waals surface area contributed by atoms with Crippen molar-refractivity contribution in [3.05, 3.63) is 108 Å². The maximum Gasteiger partial charge on any atom is 0.243 e. The third kappa shape index (κ3) is 23.8. The van der Waals surface area contributed by atoms with Crippen LogP contribution in [0.3, 0.4) is 0 Å². The summed E-state index contributed by atoms with van der Waals surface area (Å²) in [5, 5.41) is 22.1. The number of aromatic nitrogens is 3. The van der Waals surface area contributed by atoms with Gasteiger partial charge < -0.3 is 98.0 Å². The summed E-state index contributed by atoms with van der Waals surface area (Å²) in [6, 6.07) is 12.9. The number of amides is 8. The van der Waals surface area contributed by atoms with Crippen LogP contribution in [0, 0.1) is 0 Å². The van der Waals surface area contributed by atoms with E-state index >= 15 is 14.4 Å². The largest absolute Gasteiger partial charge is 0.370 e. The molecule has 6 rings (SSSR count). The van der Waals surface area contributed by atoms with Gasteiger partial charge in [-0.25, -0.2) is 0 Å². The second kappa shape index (κ2) is 38.0. The number of H-pyrrole nitrogens is 3. The van der Waals surface area contributed by atoms with E-state index in [1.807, 2.05) is 72.8 Å². The Kier molecular flexibility index (Phi) is 29.4. The minimum atomic E-state index is -1.46. The molecule has 94 heavy (non-hydrogen) atoms. The molecule has 0 saturated heterocycles. The van der Waals surface area contributed by atoms with Crippen molar-refractivity contribution in [2.75, 3.05) is 26.2 Å². The fourth-order valence-corrected chi connectivity index (χ4v) is 11.0. The van der Waals surface area contributed by atoms with Crippen molar-refractivity contribution < 1.29 is 38.4 Å². The standard InChI is InChI=1S/C65H95N21O8/c1-2-3-4-5-6-28-55(87)74-29-14-13-25-49(56(67)88)81-60(92)53(34-40-37-79-47-23-11-8-19-43(40)47)85-58(90)51(27-17-32-77-65(72)73)83-62(94)54(35-41-38-80-48-24-12-9-20-44(41)48)86-59(91)50(26-16-31-76-64(70)71)82-61(93)52(33-39-36-78-46-22-10-7-18-42(39)46)84-57(89)45(66)21-15-30-75-63(68)69/h7-12,18-20,22-24,36-38,45,49-54,78-80H,2-6,13-17,21,25-35,66H2,1H3,(H2,67,88)(H,74,87)(H,81,92)(H,82,93)(H,83,94)(H,84,89)(H,85,90)(H,86,91)(H4,68,69,75)(H4,70,71,76)(H4,72,73,77)/t45-,49+,50+,51+,52-,53-,54-/m1/s1. The first-order valence-corrected chi connectivity index (χ1v) is 32.2. The van der Waals surface area contributed by atoms with Crippen LogP contribution in [-0.2, 0) is 57.6 Å². The molecule has 0 aliphatic rings. The number of fused-ring (bicyclic) bond motifs is 3. The molecule has 0 radical (unpaired) electrons. The Balaban J connectivity index is 1.28. The summed E-state index contributed by atoms with van der Waals surface area (Å²) in [6.07, 6.45) is 12.1. The number of carbonyl (C=O) groups excluding carboxylic acids is 8. The molecule has 3 aromatic heterocycles. The topological polar surface area (TPSA) is 513 Å². The number of carbonyl (C=O) groups is 8. The van der Waals surface area contributed by atoms with Gasteiger partial charge in [0.25, 0.3) is 0 Å². The normalized spacial score (nSPS) is 13.4. The quantitative estimate of drug-likeness (QED) is 0.0142. The van der Waals surface area contributed by atoms with Crippen LogP contribution in [0.1, 0.15) is 120 Å². The number of para-hydroxylation sites is 3. The summed E-state index contributed by atoms with van der Waals surface area (Å²) in [5.41, 5.74) is 50.1. The number of nitrogens with two attached hydrogens (primary N) is 8. The van der Waals surface area contributed by atoms with Crippen LogP contribution >= 0.6 is 0 Å². The lowest BCUT2D eigenvalue weighted by molar-refractivity contribution is -0.135. The van der Waals surface area contributed by atoms with Crippen molar-refractivity contribution in [3.63, 3.8) is 0 Å². The van der Waals surface area contributed by atoms with Gasteiger partial charge in [0, 0.05) is 103 Å². The van der Waals surface area contributed by atoms with Gasteiger partial charge in [0.05, 0.1) is 6.04 Å². The van der Waals surface area contributed by atoms with Crippen molar-refractivity contribution >= 4 is 97.8 Å². The molecule has 0 aliphatic heterocycles. The Morgan fingerprint density at radius 1 is 0.404 bits per heavy atom. The van der Waals surface area contributed by atoms with Crippen molar-refractivity contribution in [1.82, 2.24) is 52.2 Å². The Morgan fingerprint density at radius 2 is 0.755 bits per heavy atom. The van der Waals surface area contributed by atoms with Gasteiger partial charge in [-0.1, -0.05) is 87.2 Å².